The van der Waals surface area contributed by atoms with Crippen LogP contribution in [0.5, 0.6) is 5.75 Å². The Bertz CT molecular complexity index is 207. The predicted molar refractivity (Wildman–Crippen MR) is 45.2 cm³/mol. The second-order valence-electron chi connectivity index (χ2n) is 2.19. The van der Waals surface area contributed by atoms with Gasteiger partial charge in [0.1, 0.15) is 5.00 Å². The SMILES string of the molecule is COc1ccsc1N(C)C. The fourth-order valence-electron chi connectivity index (χ4n) is 0.771. The Morgan fingerprint density at radius 1 is 1.50 bits per heavy atom. The van der Waals surface area contributed by atoms with Gasteiger partial charge in [0.15, 0.2) is 5.75 Å². The van der Waals surface area contributed by atoms with Crippen LogP contribution in [0.15, 0.2) is 11.4 Å². The molecule has 0 bridgehead atoms. The lowest BCUT2D eigenvalue weighted by molar-refractivity contribution is 0.417. The minimum Gasteiger partial charge on any atom is -0.494 e. The zero-order valence-corrected chi connectivity index (χ0v) is 7.23. The van der Waals surface area contributed by atoms with Crippen LogP contribution in [0.4, 0.5) is 5.00 Å². The molecule has 0 aliphatic rings. The number of ether oxygens (including phenoxy) is 1. The van der Waals surface area contributed by atoms with Gasteiger partial charge in [-0.25, -0.2) is 0 Å². The van der Waals surface area contributed by atoms with Crippen molar-refractivity contribution in [1.82, 2.24) is 0 Å². The van der Waals surface area contributed by atoms with E-state index >= 15 is 0 Å². The highest BCUT2D eigenvalue weighted by Gasteiger charge is 2.04. The van der Waals surface area contributed by atoms with Gasteiger partial charge >= 0.3 is 0 Å². The van der Waals surface area contributed by atoms with Gasteiger partial charge in [-0.2, -0.15) is 0 Å². The minimum atomic E-state index is 0.954. The molecule has 1 rings (SSSR count). The molecule has 0 saturated carbocycles. The van der Waals surface area contributed by atoms with Crippen molar-refractivity contribution in [3.63, 3.8) is 0 Å². The summed E-state index contributed by atoms with van der Waals surface area (Å²) in [5.74, 6) is 0.954. The Morgan fingerprint density at radius 2 is 2.20 bits per heavy atom. The maximum atomic E-state index is 5.12. The van der Waals surface area contributed by atoms with E-state index in [0.717, 1.165) is 5.75 Å². The van der Waals surface area contributed by atoms with Gasteiger partial charge < -0.3 is 9.64 Å². The van der Waals surface area contributed by atoms with Crippen LogP contribution < -0.4 is 9.64 Å². The first-order valence-electron chi connectivity index (χ1n) is 3.04. The first kappa shape index (κ1) is 7.41. The summed E-state index contributed by atoms with van der Waals surface area (Å²) >= 11 is 1.68. The molecule has 3 heteroatoms. The quantitative estimate of drug-likeness (QED) is 0.649. The molecule has 0 aromatic carbocycles. The molecule has 0 N–H and O–H groups in total. The molecule has 0 fully saturated rings. The van der Waals surface area contributed by atoms with Crippen LogP contribution in [-0.4, -0.2) is 21.2 Å². The van der Waals surface area contributed by atoms with E-state index in [1.54, 1.807) is 18.4 Å². The van der Waals surface area contributed by atoms with Crippen LogP contribution in [0.2, 0.25) is 0 Å². The molecule has 56 valence electrons. The largest absolute Gasteiger partial charge is 0.494 e. The summed E-state index contributed by atoms with van der Waals surface area (Å²) in [7, 11) is 5.71. The molecule has 0 spiro atoms. The van der Waals surface area contributed by atoms with Crippen molar-refractivity contribution in [3.05, 3.63) is 11.4 Å². The van der Waals surface area contributed by atoms with Crippen LogP contribution in [0, 0.1) is 0 Å². The van der Waals surface area contributed by atoms with Gasteiger partial charge in [0.2, 0.25) is 0 Å². The normalized spacial score (nSPS) is 9.50. The van der Waals surface area contributed by atoms with Crippen molar-refractivity contribution in [2.45, 2.75) is 0 Å². The first-order chi connectivity index (χ1) is 4.75. The fraction of sp³-hybridized carbons (Fsp3) is 0.429. The highest BCUT2D eigenvalue weighted by atomic mass is 32.1. The number of methoxy groups -OCH3 is 1. The van der Waals surface area contributed by atoms with E-state index in [1.807, 2.05) is 30.4 Å². The molecule has 0 aliphatic carbocycles. The smallest absolute Gasteiger partial charge is 0.153 e. The topological polar surface area (TPSA) is 12.5 Å². The van der Waals surface area contributed by atoms with Crippen LogP contribution >= 0.6 is 11.3 Å². The molecule has 10 heavy (non-hydrogen) atoms. The number of rotatable bonds is 2. The number of nitrogens with zero attached hydrogens (tertiary/aromatic N) is 1. The number of anilines is 1. The lowest BCUT2D eigenvalue weighted by Gasteiger charge is -2.10. The monoisotopic (exact) mass is 157 g/mol. The summed E-state index contributed by atoms with van der Waals surface area (Å²) in [5, 5.41) is 3.19. The number of hydrogen-bond donors (Lipinski definition) is 0. The van der Waals surface area contributed by atoms with E-state index in [-0.39, 0.29) is 0 Å². The van der Waals surface area contributed by atoms with E-state index < -0.39 is 0 Å². The zero-order chi connectivity index (χ0) is 7.56. The minimum absolute atomic E-state index is 0.954. The Labute approximate surface area is 65.0 Å². The Morgan fingerprint density at radius 3 is 2.60 bits per heavy atom. The first-order valence-corrected chi connectivity index (χ1v) is 3.92. The van der Waals surface area contributed by atoms with Gasteiger partial charge in [0, 0.05) is 14.1 Å². The molecule has 0 aliphatic heterocycles. The van der Waals surface area contributed by atoms with Crippen LogP contribution in [0.1, 0.15) is 0 Å². The van der Waals surface area contributed by atoms with Gasteiger partial charge in [0.25, 0.3) is 0 Å². The maximum Gasteiger partial charge on any atom is 0.153 e. The van der Waals surface area contributed by atoms with Gasteiger partial charge in [-0.05, 0) is 11.4 Å². The van der Waals surface area contributed by atoms with Crippen molar-refractivity contribution < 1.29 is 4.74 Å². The van der Waals surface area contributed by atoms with Gasteiger partial charge in [-0.1, -0.05) is 0 Å². The van der Waals surface area contributed by atoms with E-state index in [2.05, 4.69) is 0 Å². The molecule has 0 radical (unpaired) electrons. The Hall–Kier alpha value is -0.700. The van der Waals surface area contributed by atoms with E-state index in [4.69, 9.17) is 4.74 Å². The average molecular weight is 157 g/mol. The van der Waals surface area contributed by atoms with Crippen molar-refractivity contribution in [2.24, 2.45) is 0 Å². The molecule has 1 aromatic rings. The van der Waals surface area contributed by atoms with Crippen molar-refractivity contribution in [2.75, 3.05) is 26.1 Å². The molecule has 1 heterocycles. The summed E-state index contributed by atoms with van der Waals surface area (Å²) in [6, 6.07) is 1.97. The predicted octanol–water partition coefficient (Wildman–Crippen LogP) is 1.82. The second kappa shape index (κ2) is 2.92. The van der Waals surface area contributed by atoms with Crippen molar-refractivity contribution >= 4 is 16.3 Å². The highest BCUT2D eigenvalue weighted by molar-refractivity contribution is 7.14. The van der Waals surface area contributed by atoms with Gasteiger partial charge in [-0.15, -0.1) is 11.3 Å². The van der Waals surface area contributed by atoms with Crippen molar-refractivity contribution in [1.29, 1.82) is 0 Å². The summed E-state index contributed by atoms with van der Waals surface area (Å²) in [4.78, 5) is 2.05. The number of thiophene rings is 1. The van der Waals surface area contributed by atoms with Crippen LogP contribution in [0.25, 0.3) is 0 Å². The zero-order valence-electron chi connectivity index (χ0n) is 6.42. The van der Waals surface area contributed by atoms with Crippen molar-refractivity contribution in [3.8, 4) is 5.75 Å². The third kappa shape index (κ3) is 1.24. The van der Waals surface area contributed by atoms with E-state index in [0.29, 0.717) is 0 Å². The third-order valence-electron chi connectivity index (χ3n) is 1.24. The third-order valence-corrected chi connectivity index (χ3v) is 2.30. The molecule has 0 atom stereocenters. The molecule has 2 nitrogen and oxygen atoms in total. The molecule has 0 saturated heterocycles. The summed E-state index contributed by atoms with van der Waals surface area (Å²) in [5.41, 5.74) is 0. The van der Waals surface area contributed by atoms with Gasteiger partial charge in [-0.3, -0.25) is 0 Å². The van der Waals surface area contributed by atoms with Gasteiger partial charge in [0.05, 0.1) is 7.11 Å². The van der Waals surface area contributed by atoms with Crippen LogP contribution in [-0.2, 0) is 0 Å². The maximum absolute atomic E-state index is 5.12. The standard InChI is InChI=1S/C7H11NOS/c1-8(2)7-6(9-3)4-5-10-7/h4-5H,1-3H3. The Balaban J connectivity index is 2.90. The summed E-state index contributed by atoms with van der Waals surface area (Å²) in [6.07, 6.45) is 0. The lowest BCUT2D eigenvalue weighted by Crippen LogP contribution is -2.07. The lowest BCUT2D eigenvalue weighted by atomic mass is 10.5. The average Bonchev–Trinajstić information content (AvgIpc) is 2.33. The molecule has 0 unspecified atom stereocenters. The Kier molecular flexibility index (Phi) is 2.17. The number of hydrogen-bond acceptors (Lipinski definition) is 3. The van der Waals surface area contributed by atoms with E-state index in [1.165, 1.54) is 5.00 Å². The highest BCUT2D eigenvalue weighted by Crippen LogP contribution is 2.32. The molecule has 1 aromatic heterocycles. The molecular formula is C7H11NOS. The second-order valence-corrected chi connectivity index (χ2v) is 3.08. The molecule has 0 amide bonds. The summed E-state index contributed by atoms with van der Waals surface area (Å²) < 4.78 is 5.12. The molecular weight excluding hydrogens is 146 g/mol. The van der Waals surface area contributed by atoms with Crippen LogP contribution in [0.3, 0.4) is 0 Å². The van der Waals surface area contributed by atoms with E-state index in [9.17, 15) is 0 Å². The fourth-order valence-corrected chi connectivity index (χ4v) is 1.57. The summed E-state index contributed by atoms with van der Waals surface area (Å²) in [6.45, 7) is 0.